The molecule has 0 aliphatic carbocycles. The number of esters is 1. The van der Waals surface area contributed by atoms with Crippen molar-refractivity contribution in [3.05, 3.63) is 119 Å². The standard InChI is InChI=1S/C63H69F3N12O12S2/c1-36-58(91-35-70-36)39-7-5-37(6-8-39)27-69-61(85)49-26-44(89-53(82)17-18-54(83)90-78-51(80)15-16-52(78)81)33-77(49)62(86)59(63(2,3)4)71-50(79)34-73-31-43(32-73)75-23-21-74(22-24-75)42-11-9-38(10-12-42)40-25-45-46(29-68-60(45)67-28-40)57(84)55-47(65)13-14-48(56(55)66)72-92(87,88)76-20-19-41(64)30-76/h5-14,25,28-29,35,41,43-44,49,59,72H,15-24,26-27,30-34H2,1-4H3,(H,67,68)(H,69,85)(H,71,79)/t41-,44-,49+,59-/m1/s1. The number of carbonyl (C=O) groups is 8. The molecule has 0 saturated carbocycles. The molecule has 0 spiro atoms. The molecule has 0 radical (unpaired) electrons. The van der Waals surface area contributed by atoms with Crippen LogP contribution in [0.5, 0.6) is 0 Å². The van der Waals surface area contributed by atoms with Crippen LogP contribution < -0.4 is 20.3 Å². The number of piperazine rings is 1. The Kier molecular flexibility index (Phi) is 19.0. The Morgan fingerprint density at radius 1 is 0.837 bits per heavy atom. The number of ether oxygens (including phenoxy) is 1. The number of hydrogen-bond acceptors (Lipinski definition) is 18. The van der Waals surface area contributed by atoms with Crippen molar-refractivity contribution >= 4 is 91.2 Å². The van der Waals surface area contributed by atoms with Crippen molar-refractivity contribution in [2.75, 3.05) is 75.1 Å². The molecule has 8 heterocycles. The van der Waals surface area contributed by atoms with Crippen LogP contribution in [0.1, 0.15) is 86.5 Å². The highest BCUT2D eigenvalue weighted by atomic mass is 32.2. The predicted molar refractivity (Wildman–Crippen MR) is 331 cm³/mol. The van der Waals surface area contributed by atoms with Gasteiger partial charge in [0.1, 0.15) is 35.8 Å². The van der Waals surface area contributed by atoms with E-state index in [9.17, 15) is 51.2 Å². The van der Waals surface area contributed by atoms with E-state index in [-0.39, 0.29) is 80.4 Å². The number of alkyl halides is 1. The topological polar surface area (TPSA) is 286 Å². The van der Waals surface area contributed by atoms with Gasteiger partial charge in [0.15, 0.2) is 5.82 Å². The fourth-order valence-electron chi connectivity index (χ4n) is 12.1. The number of imide groups is 1. The Morgan fingerprint density at radius 2 is 1.53 bits per heavy atom. The molecule has 5 aliphatic rings. The molecule has 0 bridgehead atoms. The summed E-state index contributed by atoms with van der Waals surface area (Å²) < 4.78 is 79.3. The van der Waals surface area contributed by atoms with E-state index in [2.05, 4.69) is 35.4 Å². The Bertz CT molecular complexity index is 3950. The lowest BCUT2D eigenvalue weighted by Crippen LogP contribution is -2.65. The zero-order valence-electron chi connectivity index (χ0n) is 50.9. The maximum atomic E-state index is 15.9. The first-order chi connectivity index (χ1) is 43.9. The van der Waals surface area contributed by atoms with E-state index in [0.29, 0.717) is 23.7 Å². The zero-order chi connectivity index (χ0) is 65.3. The number of aryl methyl sites for hydroxylation is 1. The van der Waals surface area contributed by atoms with Crippen LogP contribution in [0, 0.1) is 24.0 Å². The quantitative estimate of drug-likeness (QED) is 0.0397. The van der Waals surface area contributed by atoms with Crippen molar-refractivity contribution in [2.24, 2.45) is 5.41 Å². The molecule has 5 fully saturated rings. The zero-order valence-corrected chi connectivity index (χ0v) is 52.6. The fourth-order valence-corrected chi connectivity index (χ4v) is 14.1. The number of aromatic amines is 1. The maximum Gasteiger partial charge on any atom is 0.333 e. The van der Waals surface area contributed by atoms with Crippen molar-refractivity contribution in [3.63, 3.8) is 0 Å². The van der Waals surface area contributed by atoms with Gasteiger partial charge in [-0.3, -0.25) is 48.1 Å². The second-order valence-corrected chi connectivity index (χ2v) is 27.2. The van der Waals surface area contributed by atoms with Crippen molar-refractivity contribution in [1.82, 2.24) is 49.7 Å². The van der Waals surface area contributed by atoms with Crippen LogP contribution in [0.25, 0.3) is 32.6 Å². The number of anilines is 2. The first kappa shape index (κ1) is 64.9. The van der Waals surface area contributed by atoms with E-state index in [1.807, 2.05) is 65.1 Å². The molecule has 5 aliphatic heterocycles. The van der Waals surface area contributed by atoms with E-state index in [0.717, 1.165) is 75.6 Å². The van der Waals surface area contributed by atoms with E-state index in [1.54, 1.807) is 38.5 Å². The van der Waals surface area contributed by atoms with E-state index in [1.165, 1.54) is 22.4 Å². The molecule has 3 aromatic heterocycles. The summed E-state index contributed by atoms with van der Waals surface area (Å²) >= 11 is 1.52. The number of aromatic nitrogens is 3. The summed E-state index contributed by atoms with van der Waals surface area (Å²) in [5, 5.41) is 6.56. The van der Waals surface area contributed by atoms with Gasteiger partial charge in [0, 0.05) is 119 Å². The van der Waals surface area contributed by atoms with Crippen molar-refractivity contribution in [2.45, 2.75) is 103 Å². The van der Waals surface area contributed by atoms with Crippen LogP contribution in [0.2, 0.25) is 0 Å². The maximum absolute atomic E-state index is 15.9. The molecular formula is C63H69F3N12O12S2. The van der Waals surface area contributed by atoms with Crippen LogP contribution in [-0.2, 0) is 59.9 Å². The summed E-state index contributed by atoms with van der Waals surface area (Å²) in [6.45, 7) is 10.9. The molecule has 92 heavy (non-hydrogen) atoms. The molecule has 5 amide bonds. The van der Waals surface area contributed by atoms with Gasteiger partial charge in [0.25, 0.3) is 11.8 Å². The van der Waals surface area contributed by atoms with Crippen LogP contribution in [0.4, 0.5) is 24.5 Å². The first-order valence-corrected chi connectivity index (χ1v) is 32.6. The van der Waals surface area contributed by atoms with Crippen LogP contribution in [0.15, 0.2) is 84.6 Å². The smallest absolute Gasteiger partial charge is 0.333 e. The summed E-state index contributed by atoms with van der Waals surface area (Å²) in [6.07, 6.45) is -0.719. The second-order valence-electron chi connectivity index (χ2n) is 24.7. The summed E-state index contributed by atoms with van der Waals surface area (Å²) in [6, 6.07) is 16.7. The summed E-state index contributed by atoms with van der Waals surface area (Å²) in [5.41, 5.74) is 4.50. The molecule has 486 valence electrons. The minimum atomic E-state index is -4.40. The number of benzene rings is 3. The minimum absolute atomic E-state index is 0.0153. The molecular weight excluding hydrogens is 1240 g/mol. The third-order valence-electron chi connectivity index (χ3n) is 17.2. The summed E-state index contributed by atoms with van der Waals surface area (Å²) in [7, 11) is -4.40. The number of likely N-dealkylation sites (tertiary alicyclic amines) is 2. The molecule has 24 nitrogen and oxygen atoms in total. The van der Waals surface area contributed by atoms with Crippen LogP contribution in [0.3, 0.4) is 0 Å². The van der Waals surface area contributed by atoms with E-state index < -0.39 is 124 Å². The predicted octanol–water partition coefficient (Wildman–Crippen LogP) is 5.43. The average molecular weight is 1310 g/mol. The van der Waals surface area contributed by atoms with E-state index >= 15 is 8.78 Å². The molecule has 5 saturated heterocycles. The molecule has 0 unspecified atom stereocenters. The number of nitrogens with zero attached hydrogens (tertiary/aromatic N) is 8. The largest absolute Gasteiger partial charge is 0.460 e. The number of hydrogen-bond donors (Lipinski definition) is 4. The number of thiazole rings is 1. The second kappa shape index (κ2) is 26.9. The van der Waals surface area contributed by atoms with Gasteiger partial charge in [0.05, 0.1) is 53.3 Å². The van der Waals surface area contributed by atoms with Gasteiger partial charge in [-0.15, -0.1) is 16.4 Å². The van der Waals surface area contributed by atoms with Crippen molar-refractivity contribution < 1.29 is 69.5 Å². The Balaban J connectivity index is 0.672. The third kappa shape index (κ3) is 14.3. The number of halogens is 3. The molecule has 29 heteroatoms. The molecule has 6 aromatic rings. The molecule has 4 N–H and O–H groups in total. The molecule has 4 atom stereocenters. The normalized spacial score (nSPS) is 19.7. The number of rotatable bonds is 21. The SMILES string of the molecule is Cc1ncsc1-c1ccc(CNC(=O)[C@@H]2C[C@@H](OC(=O)CCC(=O)ON3C(=O)CCC3=O)CN2C(=O)[C@@H](NC(=O)CN2CC(N3CCN(c4ccc(-c5cnc6[nH]cc(C(=O)c7c(F)ccc(NS(=O)(=O)N8CC[C@@H](F)C8)c7F)c6c5)cc4)CC3)C2)C(C)(C)C)cc1. The first-order valence-electron chi connectivity index (χ1n) is 30.2. The van der Waals surface area contributed by atoms with Crippen molar-refractivity contribution in [3.8, 4) is 21.6 Å². The number of ketones is 1. The third-order valence-corrected chi connectivity index (χ3v) is 19.7. The highest BCUT2D eigenvalue weighted by Crippen LogP contribution is 2.34. The Hall–Kier alpha value is -8.64. The number of pyridine rings is 1. The highest BCUT2D eigenvalue weighted by molar-refractivity contribution is 7.90. The van der Waals surface area contributed by atoms with Gasteiger partial charge < -0.3 is 35.0 Å². The monoisotopic (exact) mass is 1310 g/mol. The molecule has 11 rings (SSSR count). The molecule has 3 aromatic carbocycles. The van der Waals surface area contributed by atoms with Crippen LogP contribution >= 0.6 is 11.3 Å². The summed E-state index contributed by atoms with van der Waals surface area (Å²) in [4.78, 5) is 132. The lowest BCUT2D eigenvalue weighted by atomic mass is 9.85. The average Bonchev–Trinajstić information content (AvgIpc) is 1.42. The van der Waals surface area contributed by atoms with Crippen molar-refractivity contribution in [1.29, 1.82) is 0 Å². The lowest BCUT2D eigenvalue weighted by Gasteiger charge is -2.48. The summed E-state index contributed by atoms with van der Waals surface area (Å²) in [5.74, 6) is -8.26. The van der Waals surface area contributed by atoms with E-state index in [4.69, 9.17) is 9.57 Å². The van der Waals surface area contributed by atoms with Gasteiger partial charge in [-0.05, 0) is 65.8 Å². The van der Waals surface area contributed by atoms with Gasteiger partial charge in [-0.25, -0.2) is 27.9 Å². The Morgan fingerprint density at radius 3 is 2.20 bits per heavy atom. The minimum Gasteiger partial charge on any atom is -0.460 e. The fraction of sp³-hybridized carbons (Fsp3) is 0.429. The highest BCUT2D eigenvalue weighted by Gasteiger charge is 2.47. The number of carbonyl (C=O) groups excluding carboxylic acids is 8. The van der Waals surface area contributed by atoms with Gasteiger partial charge in [0.2, 0.25) is 23.5 Å². The van der Waals surface area contributed by atoms with Gasteiger partial charge in [-0.1, -0.05) is 57.2 Å². The van der Waals surface area contributed by atoms with Crippen LogP contribution in [-0.4, -0.2) is 191 Å². The van der Waals surface area contributed by atoms with Gasteiger partial charge >= 0.3 is 22.1 Å². The number of amides is 5. The number of H-pyrrole nitrogens is 1. The number of nitrogens with one attached hydrogen (secondary N) is 4. The lowest BCUT2D eigenvalue weighted by molar-refractivity contribution is -0.197. The number of fused-ring (bicyclic) bond motifs is 1. The Labute approximate surface area is 531 Å². The van der Waals surface area contributed by atoms with Gasteiger partial charge in [-0.2, -0.15) is 12.7 Å². The number of hydroxylamine groups is 2.